The maximum Gasteiger partial charge on any atom is 0.122 e. The lowest BCUT2D eigenvalue weighted by atomic mass is 9.96. The molecule has 0 bridgehead atoms. The van der Waals surface area contributed by atoms with Crippen molar-refractivity contribution in [1.82, 2.24) is 9.80 Å². The Morgan fingerprint density at radius 3 is 1.91 bits per heavy atom. The molecule has 0 saturated carbocycles. The summed E-state index contributed by atoms with van der Waals surface area (Å²) in [4.78, 5) is 4.90. The fourth-order valence-electron chi connectivity index (χ4n) is 4.49. The summed E-state index contributed by atoms with van der Waals surface area (Å²) < 4.78 is 5.91. The highest BCUT2D eigenvalue weighted by Crippen LogP contribution is 2.29. The van der Waals surface area contributed by atoms with Crippen molar-refractivity contribution in [2.24, 2.45) is 0 Å². The first-order valence-electron chi connectivity index (χ1n) is 11.5. The first kappa shape index (κ1) is 28.2. The van der Waals surface area contributed by atoms with Crippen LogP contribution < -0.4 is 4.74 Å². The lowest BCUT2D eigenvalue weighted by Crippen LogP contribution is -2.50. The molecule has 1 aliphatic heterocycles. The Morgan fingerprint density at radius 1 is 0.794 bits per heavy atom. The number of halogens is 2. The Hall–Kier alpha value is -2.08. The Balaban J connectivity index is 0.00000204. The second-order valence-electron chi connectivity index (χ2n) is 8.79. The van der Waals surface area contributed by atoms with Crippen LogP contribution in [-0.4, -0.2) is 60.3 Å². The molecule has 1 saturated heterocycles. The van der Waals surface area contributed by atoms with Crippen LogP contribution in [0, 0.1) is 13.8 Å². The van der Waals surface area contributed by atoms with Crippen molar-refractivity contribution in [1.29, 1.82) is 0 Å². The predicted octanol–water partition coefficient (Wildman–Crippen LogP) is 5.29. The largest absolute Gasteiger partial charge is 0.491 e. The molecular weight excluding hydrogens is 467 g/mol. The molecule has 4 rings (SSSR count). The van der Waals surface area contributed by atoms with E-state index < -0.39 is 6.10 Å². The van der Waals surface area contributed by atoms with E-state index in [1.165, 1.54) is 16.7 Å². The van der Waals surface area contributed by atoms with Crippen LogP contribution in [0.25, 0.3) is 0 Å². The summed E-state index contributed by atoms with van der Waals surface area (Å²) >= 11 is 0. The second kappa shape index (κ2) is 13.7. The highest BCUT2D eigenvalue weighted by Gasteiger charge is 2.27. The predicted molar refractivity (Wildman–Crippen MR) is 145 cm³/mol. The zero-order valence-corrected chi connectivity index (χ0v) is 21.6. The van der Waals surface area contributed by atoms with E-state index in [-0.39, 0.29) is 30.9 Å². The highest BCUT2D eigenvalue weighted by molar-refractivity contribution is 5.85. The van der Waals surface area contributed by atoms with Crippen LogP contribution in [0.3, 0.4) is 0 Å². The van der Waals surface area contributed by atoms with Gasteiger partial charge < -0.3 is 9.84 Å². The quantitative estimate of drug-likeness (QED) is 0.453. The third-order valence-corrected chi connectivity index (χ3v) is 6.25. The summed E-state index contributed by atoms with van der Waals surface area (Å²) in [5, 5.41) is 10.6. The monoisotopic (exact) mass is 502 g/mol. The number of rotatable bonds is 8. The maximum absolute atomic E-state index is 10.6. The number of nitrogens with zero attached hydrogens (tertiary/aromatic N) is 2. The number of aliphatic hydroxyl groups is 1. The SMILES string of the molecule is Cc1ccc(C)c(OCC(O)CN2CCN(C(c3ccccc3)c3ccccc3)CC2)c1.Cl.Cl. The second-order valence-corrected chi connectivity index (χ2v) is 8.79. The topological polar surface area (TPSA) is 35.9 Å². The number of hydrogen-bond donors (Lipinski definition) is 1. The Kier molecular flexibility index (Phi) is 11.4. The minimum absolute atomic E-state index is 0. The van der Waals surface area contributed by atoms with Crippen LogP contribution >= 0.6 is 24.8 Å². The first-order valence-corrected chi connectivity index (χ1v) is 11.5. The zero-order chi connectivity index (χ0) is 22.3. The molecule has 4 nitrogen and oxygen atoms in total. The van der Waals surface area contributed by atoms with Crippen LogP contribution in [0.5, 0.6) is 5.75 Å². The molecule has 1 fully saturated rings. The van der Waals surface area contributed by atoms with Gasteiger partial charge in [-0.05, 0) is 42.2 Å². The van der Waals surface area contributed by atoms with Crippen molar-refractivity contribution in [3.63, 3.8) is 0 Å². The van der Waals surface area contributed by atoms with Gasteiger partial charge in [0.25, 0.3) is 0 Å². The van der Waals surface area contributed by atoms with E-state index in [0.29, 0.717) is 13.2 Å². The molecule has 1 unspecified atom stereocenters. The van der Waals surface area contributed by atoms with Gasteiger partial charge in [-0.15, -0.1) is 24.8 Å². The van der Waals surface area contributed by atoms with Gasteiger partial charge in [0.1, 0.15) is 18.5 Å². The van der Waals surface area contributed by atoms with Gasteiger partial charge in [0.15, 0.2) is 0 Å². The van der Waals surface area contributed by atoms with Crippen LogP contribution in [0.4, 0.5) is 0 Å². The fraction of sp³-hybridized carbons (Fsp3) is 0.357. The van der Waals surface area contributed by atoms with Gasteiger partial charge in [-0.1, -0.05) is 72.8 Å². The molecule has 1 heterocycles. The van der Waals surface area contributed by atoms with Crippen molar-refractivity contribution < 1.29 is 9.84 Å². The number of ether oxygens (including phenoxy) is 1. The number of piperazine rings is 1. The lowest BCUT2D eigenvalue weighted by Gasteiger charge is -2.40. The highest BCUT2D eigenvalue weighted by atomic mass is 35.5. The van der Waals surface area contributed by atoms with E-state index in [9.17, 15) is 5.11 Å². The zero-order valence-electron chi connectivity index (χ0n) is 20.0. The molecule has 0 spiro atoms. The molecule has 6 heteroatoms. The molecule has 0 radical (unpaired) electrons. The van der Waals surface area contributed by atoms with Gasteiger partial charge in [0.05, 0.1) is 6.04 Å². The van der Waals surface area contributed by atoms with Crippen LogP contribution in [0.15, 0.2) is 78.9 Å². The molecular formula is C28H36Cl2N2O2. The third-order valence-electron chi connectivity index (χ3n) is 6.25. The summed E-state index contributed by atoms with van der Waals surface area (Å²) in [6.45, 7) is 8.88. The fourth-order valence-corrected chi connectivity index (χ4v) is 4.49. The lowest BCUT2D eigenvalue weighted by molar-refractivity contribution is 0.0399. The molecule has 184 valence electrons. The third kappa shape index (κ3) is 7.46. The Morgan fingerprint density at radius 2 is 1.35 bits per heavy atom. The van der Waals surface area contributed by atoms with Gasteiger partial charge in [0, 0.05) is 32.7 Å². The van der Waals surface area contributed by atoms with Crippen molar-refractivity contribution >= 4 is 24.8 Å². The minimum Gasteiger partial charge on any atom is -0.491 e. The Bertz CT molecular complexity index is 941. The van der Waals surface area contributed by atoms with E-state index >= 15 is 0 Å². The standard InChI is InChI=1S/C28H34N2O2.2ClH/c1-22-13-14-23(2)27(19-22)32-21-26(31)20-29-15-17-30(18-16-29)28(24-9-5-3-6-10-24)25-11-7-4-8-12-25;;/h3-14,19,26,28,31H,15-18,20-21H2,1-2H3;2*1H. The van der Waals surface area contributed by atoms with Gasteiger partial charge in [-0.25, -0.2) is 0 Å². The average Bonchev–Trinajstić information content (AvgIpc) is 2.82. The minimum atomic E-state index is -0.500. The van der Waals surface area contributed by atoms with Crippen molar-refractivity contribution in [2.75, 3.05) is 39.3 Å². The summed E-state index contributed by atoms with van der Waals surface area (Å²) in [6, 6.07) is 27.9. The van der Waals surface area contributed by atoms with Crippen molar-refractivity contribution in [2.45, 2.75) is 26.0 Å². The average molecular weight is 504 g/mol. The smallest absolute Gasteiger partial charge is 0.122 e. The number of aryl methyl sites for hydroxylation is 2. The number of aliphatic hydroxyl groups excluding tert-OH is 1. The van der Waals surface area contributed by atoms with Gasteiger partial charge in [-0.2, -0.15) is 0 Å². The molecule has 0 amide bonds. The molecule has 1 atom stereocenters. The van der Waals surface area contributed by atoms with E-state index in [0.717, 1.165) is 37.5 Å². The van der Waals surface area contributed by atoms with Crippen molar-refractivity contribution in [3.05, 3.63) is 101 Å². The molecule has 1 N–H and O–H groups in total. The number of β-amino-alcohol motifs (C(OH)–C–C–N with tert-alkyl or cyclic N) is 1. The van der Waals surface area contributed by atoms with E-state index in [4.69, 9.17) is 4.74 Å². The molecule has 3 aromatic rings. The van der Waals surface area contributed by atoms with Crippen LogP contribution in [0.2, 0.25) is 0 Å². The van der Waals surface area contributed by atoms with Gasteiger partial charge in [-0.3, -0.25) is 9.80 Å². The van der Waals surface area contributed by atoms with Gasteiger partial charge >= 0.3 is 0 Å². The summed E-state index contributed by atoms with van der Waals surface area (Å²) in [5.74, 6) is 0.863. The Labute approximate surface area is 216 Å². The molecule has 0 aliphatic carbocycles. The van der Waals surface area contributed by atoms with E-state index in [1.807, 2.05) is 13.0 Å². The van der Waals surface area contributed by atoms with Crippen molar-refractivity contribution in [3.8, 4) is 5.75 Å². The van der Waals surface area contributed by atoms with Crippen LogP contribution in [-0.2, 0) is 0 Å². The normalized spacial score (nSPS) is 15.3. The molecule has 1 aliphatic rings. The van der Waals surface area contributed by atoms with E-state index in [1.54, 1.807) is 0 Å². The summed E-state index contributed by atoms with van der Waals surface area (Å²) in [7, 11) is 0. The molecule has 3 aromatic carbocycles. The maximum atomic E-state index is 10.6. The number of benzene rings is 3. The van der Waals surface area contributed by atoms with Crippen LogP contribution in [0.1, 0.15) is 28.3 Å². The summed E-state index contributed by atoms with van der Waals surface area (Å²) in [6.07, 6.45) is -0.500. The van der Waals surface area contributed by atoms with E-state index in [2.05, 4.69) is 89.5 Å². The number of hydrogen-bond acceptors (Lipinski definition) is 4. The summed E-state index contributed by atoms with van der Waals surface area (Å²) in [5.41, 5.74) is 4.93. The molecule has 0 aromatic heterocycles. The first-order chi connectivity index (χ1) is 15.6. The molecule has 34 heavy (non-hydrogen) atoms. The van der Waals surface area contributed by atoms with Gasteiger partial charge in [0.2, 0.25) is 0 Å².